The lowest BCUT2D eigenvalue weighted by atomic mass is 9.71. The van der Waals surface area contributed by atoms with Crippen molar-refractivity contribution in [2.45, 2.75) is 65.0 Å². The molecular formula is C32H36ClFN4O3. The Balaban J connectivity index is 1.06. The molecule has 3 aromatic rings. The van der Waals surface area contributed by atoms with Gasteiger partial charge in [-0.2, -0.15) is 0 Å². The molecule has 3 heterocycles. The summed E-state index contributed by atoms with van der Waals surface area (Å²) in [5, 5.41) is 7.12. The van der Waals surface area contributed by atoms with Gasteiger partial charge in [0.1, 0.15) is 11.6 Å². The van der Waals surface area contributed by atoms with Crippen molar-refractivity contribution in [2.75, 3.05) is 26.2 Å². The van der Waals surface area contributed by atoms with Crippen LogP contribution in [0.2, 0.25) is 5.02 Å². The number of nitrogens with zero attached hydrogens (tertiary/aromatic N) is 3. The lowest BCUT2D eigenvalue weighted by molar-refractivity contribution is 0.0284. The Hall–Kier alpha value is -3.23. The average molecular weight is 579 g/mol. The lowest BCUT2D eigenvalue weighted by Gasteiger charge is -2.47. The number of hydrogen-bond acceptors (Lipinski definition) is 5. The Kier molecular flexibility index (Phi) is 7.64. The van der Waals surface area contributed by atoms with Crippen molar-refractivity contribution in [3.63, 3.8) is 0 Å². The number of likely N-dealkylation sites (tertiary alicyclic amines) is 2. The third kappa shape index (κ3) is 5.52. The molecule has 9 heteroatoms. The van der Waals surface area contributed by atoms with Crippen LogP contribution in [0.15, 0.2) is 40.9 Å². The lowest BCUT2D eigenvalue weighted by Crippen LogP contribution is -2.48. The summed E-state index contributed by atoms with van der Waals surface area (Å²) in [5.74, 6) is -0.245. The summed E-state index contributed by atoms with van der Waals surface area (Å²) < 4.78 is 19.6. The molecule has 2 amide bonds. The highest BCUT2D eigenvalue weighted by molar-refractivity contribution is 6.33. The van der Waals surface area contributed by atoms with Crippen molar-refractivity contribution in [1.29, 1.82) is 0 Å². The molecular weight excluding hydrogens is 543 g/mol. The topological polar surface area (TPSA) is 78.7 Å². The van der Waals surface area contributed by atoms with E-state index in [9.17, 15) is 14.0 Å². The Morgan fingerprint density at radius 3 is 2.51 bits per heavy atom. The van der Waals surface area contributed by atoms with Gasteiger partial charge in [0.25, 0.3) is 11.8 Å². The number of amides is 2. The molecule has 1 aromatic heterocycles. The third-order valence-corrected chi connectivity index (χ3v) is 9.87. The van der Waals surface area contributed by atoms with Crippen molar-refractivity contribution in [1.82, 2.24) is 20.3 Å². The number of hydrogen-bond donors (Lipinski definition) is 1. The van der Waals surface area contributed by atoms with Crippen LogP contribution in [0.25, 0.3) is 0 Å². The highest BCUT2D eigenvalue weighted by atomic mass is 35.5. The van der Waals surface area contributed by atoms with Crippen LogP contribution < -0.4 is 5.32 Å². The Labute approximate surface area is 245 Å². The van der Waals surface area contributed by atoms with Gasteiger partial charge < -0.3 is 14.7 Å². The number of rotatable bonds is 5. The zero-order valence-corrected chi connectivity index (χ0v) is 24.4. The highest BCUT2D eigenvalue weighted by Gasteiger charge is 2.39. The van der Waals surface area contributed by atoms with Gasteiger partial charge >= 0.3 is 0 Å². The van der Waals surface area contributed by atoms with Crippen LogP contribution in [-0.2, 0) is 13.0 Å². The molecule has 1 spiro atoms. The van der Waals surface area contributed by atoms with Crippen LogP contribution in [0.1, 0.15) is 87.0 Å². The summed E-state index contributed by atoms with van der Waals surface area (Å²) in [6.45, 7) is 8.48. The van der Waals surface area contributed by atoms with Gasteiger partial charge in [-0.1, -0.05) is 28.9 Å². The molecule has 6 rings (SSSR count). The molecule has 3 aliphatic rings. The van der Waals surface area contributed by atoms with Crippen LogP contribution in [0.4, 0.5) is 4.39 Å². The van der Waals surface area contributed by atoms with Gasteiger partial charge in [-0.3, -0.25) is 14.5 Å². The van der Waals surface area contributed by atoms with E-state index < -0.39 is 11.7 Å². The monoisotopic (exact) mass is 578 g/mol. The highest BCUT2D eigenvalue weighted by Crippen LogP contribution is 2.42. The number of fused-ring (bicyclic) bond motifs is 1. The second kappa shape index (κ2) is 11.2. The number of benzene rings is 2. The zero-order chi connectivity index (χ0) is 28.7. The van der Waals surface area contributed by atoms with Gasteiger partial charge in [0.2, 0.25) is 0 Å². The van der Waals surface area contributed by atoms with Crippen molar-refractivity contribution in [3.05, 3.63) is 86.5 Å². The fourth-order valence-electron chi connectivity index (χ4n) is 6.83. The number of carbonyl (C=O) groups is 2. The van der Waals surface area contributed by atoms with E-state index in [2.05, 4.69) is 15.4 Å². The minimum Gasteiger partial charge on any atom is -0.361 e. The molecule has 1 atom stereocenters. The number of carbonyl (C=O) groups excluding carboxylic acids is 2. The fraction of sp³-hybridized carbons (Fsp3) is 0.469. The first-order chi connectivity index (χ1) is 19.7. The van der Waals surface area contributed by atoms with E-state index in [4.69, 9.17) is 16.1 Å². The number of aromatic nitrogens is 1. The second-order valence-corrected chi connectivity index (χ2v) is 12.4. The number of aryl methyl sites for hydroxylation is 3. The molecule has 1 N–H and O–H groups in total. The summed E-state index contributed by atoms with van der Waals surface area (Å²) in [7, 11) is 0. The molecule has 0 radical (unpaired) electrons. The first-order valence-electron chi connectivity index (χ1n) is 14.5. The number of halogens is 2. The molecule has 2 fully saturated rings. The average Bonchev–Trinajstić information content (AvgIpc) is 3.51. The third-order valence-electron chi connectivity index (χ3n) is 9.56. The van der Waals surface area contributed by atoms with E-state index in [1.165, 1.54) is 23.8 Å². The summed E-state index contributed by atoms with van der Waals surface area (Å²) in [6.07, 6.45) is 5.81. The maximum Gasteiger partial charge on any atom is 0.256 e. The first kappa shape index (κ1) is 27.9. The van der Waals surface area contributed by atoms with Crippen LogP contribution in [0, 0.1) is 25.1 Å². The first-order valence-corrected chi connectivity index (χ1v) is 14.9. The van der Waals surface area contributed by atoms with Crippen LogP contribution in [0.5, 0.6) is 0 Å². The van der Waals surface area contributed by atoms with E-state index in [-0.39, 0.29) is 22.5 Å². The number of piperidine rings is 2. The predicted octanol–water partition coefficient (Wildman–Crippen LogP) is 6.02. The van der Waals surface area contributed by atoms with Gasteiger partial charge in [-0.05, 0) is 106 Å². The van der Waals surface area contributed by atoms with Gasteiger partial charge in [0.05, 0.1) is 22.3 Å². The van der Waals surface area contributed by atoms with E-state index in [1.54, 1.807) is 0 Å². The normalized spacial score (nSPS) is 20.3. The zero-order valence-electron chi connectivity index (χ0n) is 23.6. The summed E-state index contributed by atoms with van der Waals surface area (Å²) >= 11 is 6.10. The molecule has 216 valence electrons. The molecule has 1 aliphatic carbocycles. The van der Waals surface area contributed by atoms with Crippen molar-refractivity contribution in [2.24, 2.45) is 5.41 Å². The van der Waals surface area contributed by atoms with E-state index >= 15 is 0 Å². The Morgan fingerprint density at radius 1 is 1.10 bits per heavy atom. The minimum absolute atomic E-state index is 0.0348. The largest absolute Gasteiger partial charge is 0.361 e. The van der Waals surface area contributed by atoms with Crippen molar-refractivity contribution >= 4 is 23.4 Å². The molecule has 7 nitrogen and oxygen atoms in total. The molecule has 41 heavy (non-hydrogen) atoms. The van der Waals surface area contributed by atoms with Crippen molar-refractivity contribution in [3.8, 4) is 0 Å². The van der Waals surface area contributed by atoms with Crippen molar-refractivity contribution < 1.29 is 18.5 Å². The maximum atomic E-state index is 14.3. The molecule has 0 bridgehead atoms. The van der Waals surface area contributed by atoms with Gasteiger partial charge in [0.15, 0.2) is 0 Å². The van der Waals surface area contributed by atoms with Gasteiger partial charge in [-0.25, -0.2) is 4.39 Å². The second-order valence-electron chi connectivity index (χ2n) is 11.9. The quantitative estimate of drug-likeness (QED) is 0.400. The molecule has 2 aliphatic heterocycles. The number of nitrogens with one attached hydrogen (secondary N) is 1. The molecule has 1 unspecified atom stereocenters. The van der Waals surface area contributed by atoms with Gasteiger partial charge in [0, 0.05) is 30.8 Å². The SMILES string of the molecule is Cc1noc(C)c1CN1CCC2(CC1)CCN(C(=O)c1ccc3c(c1)C(NC(=O)c1c(F)cccc1Cl)CC3)CC2. The molecule has 0 saturated carbocycles. The molecule has 2 saturated heterocycles. The van der Waals surface area contributed by atoms with Gasteiger partial charge in [-0.15, -0.1) is 0 Å². The summed E-state index contributed by atoms with van der Waals surface area (Å²) in [4.78, 5) is 30.9. The summed E-state index contributed by atoms with van der Waals surface area (Å²) in [6, 6.07) is 9.72. The minimum atomic E-state index is -0.647. The van der Waals surface area contributed by atoms with E-state index in [0.29, 0.717) is 17.4 Å². The molecule has 2 aromatic carbocycles. The van der Waals surface area contributed by atoms with E-state index in [0.717, 1.165) is 87.4 Å². The summed E-state index contributed by atoms with van der Waals surface area (Å²) in [5.41, 5.74) is 5.00. The van der Waals surface area contributed by atoms with Crippen LogP contribution in [-0.4, -0.2) is 52.9 Å². The van der Waals surface area contributed by atoms with E-state index in [1.807, 2.05) is 36.9 Å². The maximum absolute atomic E-state index is 14.3. The fourth-order valence-corrected chi connectivity index (χ4v) is 7.08. The standard InChI is InChI=1S/C32H36ClFN4O3/c1-20-25(21(2)41-36-20)19-37-14-10-32(11-15-37)12-16-38(17-13-32)31(40)23-7-6-22-8-9-28(24(22)18-23)35-30(39)29-26(33)4-3-5-27(29)34/h3-7,18,28H,8-17,19H2,1-2H3,(H,35,39). The Morgan fingerprint density at radius 2 is 1.83 bits per heavy atom. The van der Waals surface area contributed by atoms with Crippen LogP contribution >= 0.6 is 11.6 Å². The Bertz CT molecular complexity index is 1430. The smallest absolute Gasteiger partial charge is 0.256 e. The van der Waals surface area contributed by atoms with Crippen LogP contribution in [0.3, 0.4) is 0 Å². The predicted molar refractivity (Wildman–Crippen MR) is 154 cm³/mol.